The highest BCUT2D eigenvalue weighted by molar-refractivity contribution is 4.99. The minimum Gasteiger partial charge on any atom is -0.315 e. The highest BCUT2D eigenvalue weighted by Crippen LogP contribution is 2.38. The van der Waals surface area contributed by atoms with Crippen LogP contribution in [-0.2, 0) is 0 Å². The van der Waals surface area contributed by atoms with Gasteiger partial charge in [-0.3, -0.25) is 0 Å². The lowest BCUT2D eigenvalue weighted by molar-refractivity contribution is -0.981. The van der Waals surface area contributed by atoms with E-state index in [0.717, 1.165) is 12.1 Å². The lowest BCUT2D eigenvalue weighted by Crippen LogP contribution is -2.62. The van der Waals surface area contributed by atoms with Crippen molar-refractivity contribution in [2.75, 3.05) is 40.3 Å². The predicted octanol–water partition coefficient (Wildman–Crippen LogP) is 4.14. The Balaban J connectivity index is 2.21. The van der Waals surface area contributed by atoms with Crippen molar-refractivity contribution in [1.82, 2.24) is 0 Å². The van der Waals surface area contributed by atoms with Crippen molar-refractivity contribution in [3.63, 3.8) is 0 Å². The van der Waals surface area contributed by atoms with Gasteiger partial charge in [0, 0.05) is 25.7 Å². The zero-order chi connectivity index (χ0) is 16.4. The van der Waals surface area contributed by atoms with E-state index in [1.807, 2.05) is 0 Å². The maximum atomic E-state index is 2.52. The van der Waals surface area contributed by atoms with Crippen molar-refractivity contribution in [2.24, 2.45) is 0 Å². The van der Waals surface area contributed by atoms with E-state index in [1.165, 1.54) is 60.8 Å². The Labute approximate surface area is 138 Å². The van der Waals surface area contributed by atoms with Gasteiger partial charge in [0.15, 0.2) is 0 Å². The summed E-state index contributed by atoms with van der Waals surface area (Å²) in [6.45, 7) is 14.2. The summed E-state index contributed by atoms with van der Waals surface area (Å²) in [4.78, 5) is 0. The van der Waals surface area contributed by atoms with Gasteiger partial charge in [-0.25, -0.2) is 0 Å². The van der Waals surface area contributed by atoms with Crippen molar-refractivity contribution < 1.29 is 8.97 Å². The SMILES string of the molecule is CC=C(C)C[N+]1(C)CCCC1C1CCC[N+]1(C)CC(C)=CC. The molecule has 0 bridgehead atoms. The number of allylic oxidation sites excluding steroid dienone is 2. The Hall–Kier alpha value is -0.600. The maximum Gasteiger partial charge on any atom is 0.142 e. The van der Waals surface area contributed by atoms with Crippen LogP contribution in [0.4, 0.5) is 0 Å². The monoisotopic (exact) mass is 306 g/mol. The Bertz CT molecular complexity index is 409. The first-order valence-corrected chi connectivity index (χ1v) is 9.26. The van der Waals surface area contributed by atoms with E-state index in [4.69, 9.17) is 0 Å². The van der Waals surface area contributed by atoms with E-state index < -0.39 is 0 Å². The standard InChI is InChI=1S/C20H38N2/c1-7-17(3)15-21(5)13-9-11-19(21)20-12-10-14-22(20,6)16-18(4)8-2/h7-8,19-20H,9-16H2,1-6H3/q+2. The topological polar surface area (TPSA) is 0 Å². The second-order valence-corrected chi connectivity index (χ2v) is 8.41. The molecule has 0 amide bonds. The molecule has 22 heavy (non-hydrogen) atoms. The van der Waals surface area contributed by atoms with E-state index in [1.54, 1.807) is 11.1 Å². The average molecular weight is 307 g/mol. The van der Waals surface area contributed by atoms with Crippen LogP contribution in [0.3, 0.4) is 0 Å². The molecule has 2 heterocycles. The summed E-state index contributed by atoms with van der Waals surface area (Å²) in [5.41, 5.74) is 3.12. The molecule has 2 aliphatic heterocycles. The van der Waals surface area contributed by atoms with Gasteiger partial charge in [0.2, 0.25) is 0 Å². The molecule has 2 fully saturated rings. The maximum absolute atomic E-state index is 2.52. The highest BCUT2D eigenvalue weighted by Gasteiger charge is 2.52. The smallest absolute Gasteiger partial charge is 0.142 e. The number of rotatable bonds is 5. The van der Waals surface area contributed by atoms with Crippen LogP contribution in [0, 0.1) is 0 Å². The van der Waals surface area contributed by atoms with Crippen LogP contribution in [0.25, 0.3) is 0 Å². The van der Waals surface area contributed by atoms with Crippen molar-refractivity contribution >= 4 is 0 Å². The zero-order valence-electron chi connectivity index (χ0n) is 15.9. The first-order valence-electron chi connectivity index (χ1n) is 9.26. The first-order chi connectivity index (χ1) is 10.3. The molecule has 2 rings (SSSR count). The van der Waals surface area contributed by atoms with Crippen LogP contribution in [0.2, 0.25) is 0 Å². The van der Waals surface area contributed by atoms with Gasteiger partial charge in [0.25, 0.3) is 0 Å². The number of hydrogen-bond acceptors (Lipinski definition) is 0. The predicted molar refractivity (Wildman–Crippen MR) is 96.7 cm³/mol. The van der Waals surface area contributed by atoms with E-state index in [0.29, 0.717) is 0 Å². The fourth-order valence-corrected chi connectivity index (χ4v) is 5.21. The van der Waals surface area contributed by atoms with Crippen LogP contribution in [0.1, 0.15) is 53.4 Å². The van der Waals surface area contributed by atoms with Crippen molar-refractivity contribution in [1.29, 1.82) is 0 Å². The van der Waals surface area contributed by atoms with E-state index in [2.05, 4.69) is 53.9 Å². The Morgan fingerprint density at radius 2 is 1.18 bits per heavy atom. The molecule has 4 atom stereocenters. The third-order valence-corrected chi connectivity index (χ3v) is 6.59. The second kappa shape index (κ2) is 6.88. The fraction of sp³-hybridized carbons (Fsp3) is 0.800. The van der Waals surface area contributed by atoms with E-state index in [9.17, 15) is 0 Å². The fourth-order valence-electron chi connectivity index (χ4n) is 5.21. The van der Waals surface area contributed by atoms with Gasteiger partial charge < -0.3 is 8.97 Å². The van der Waals surface area contributed by atoms with Gasteiger partial charge in [-0.05, 0) is 38.8 Å². The molecule has 0 aromatic rings. The zero-order valence-corrected chi connectivity index (χ0v) is 15.9. The van der Waals surface area contributed by atoms with Gasteiger partial charge in [-0.15, -0.1) is 0 Å². The summed E-state index contributed by atoms with van der Waals surface area (Å²) >= 11 is 0. The molecule has 0 aliphatic carbocycles. The lowest BCUT2D eigenvalue weighted by Gasteiger charge is -2.45. The Morgan fingerprint density at radius 1 is 0.818 bits per heavy atom. The summed E-state index contributed by atoms with van der Waals surface area (Å²) < 4.78 is 2.56. The molecule has 0 aromatic carbocycles. The summed E-state index contributed by atoms with van der Waals surface area (Å²) in [5, 5.41) is 0. The molecule has 0 aromatic heterocycles. The summed E-state index contributed by atoms with van der Waals surface area (Å²) in [6, 6.07) is 1.71. The Morgan fingerprint density at radius 3 is 1.50 bits per heavy atom. The van der Waals surface area contributed by atoms with Crippen molar-refractivity contribution in [3.8, 4) is 0 Å². The third kappa shape index (κ3) is 3.49. The van der Waals surface area contributed by atoms with Crippen LogP contribution >= 0.6 is 0 Å². The molecule has 0 radical (unpaired) electrons. The third-order valence-electron chi connectivity index (χ3n) is 6.59. The largest absolute Gasteiger partial charge is 0.315 e. The van der Waals surface area contributed by atoms with Crippen LogP contribution < -0.4 is 0 Å². The minimum absolute atomic E-state index is 0.854. The molecular formula is C20H38N2+2. The molecule has 2 aliphatic rings. The summed E-state index contributed by atoms with van der Waals surface area (Å²) in [6.07, 6.45) is 10.3. The van der Waals surface area contributed by atoms with Crippen molar-refractivity contribution in [3.05, 3.63) is 23.3 Å². The Kier molecular flexibility index (Phi) is 5.55. The number of likely N-dealkylation sites (N-methyl/N-ethyl adjacent to an activating group) is 2. The van der Waals surface area contributed by atoms with Gasteiger partial charge in [-0.1, -0.05) is 12.2 Å². The van der Waals surface area contributed by atoms with Gasteiger partial charge >= 0.3 is 0 Å². The summed E-state index contributed by atoms with van der Waals surface area (Å²) in [7, 11) is 5.05. The highest BCUT2D eigenvalue weighted by atomic mass is 15.5. The number of nitrogens with zero attached hydrogens (tertiary/aromatic N) is 2. The first kappa shape index (κ1) is 17.7. The molecule has 2 saturated heterocycles. The van der Waals surface area contributed by atoms with Crippen LogP contribution in [-0.4, -0.2) is 61.3 Å². The molecule has 2 nitrogen and oxygen atoms in total. The number of hydrogen-bond donors (Lipinski definition) is 0. The average Bonchev–Trinajstić information content (AvgIpc) is 3.01. The molecule has 2 heteroatoms. The minimum atomic E-state index is 0.854. The van der Waals surface area contributed by atoms with E-state index in [-0.39, 0.29) is 0 Å². The second-order valence-electron chi connectivity index (χ2n) is 8.41. The van der Waals surface area contributed by atoms with E-state index >= 15 is 0 Å². The van der Waals surface area contributed by atoms with Gasteiger partial charge in [-0.2, -0.15) is 0 Å². The number of likely N-dealkylation sites (tertiary alicyclic amines) is 2. The quantitative estimate of drug-likeness (QED) is 0.529. The van der Waals surface area contributed by atoms with Crippen molar-refractivity contribution in [2.45, 2.75) is 65.5 Å². The number of quaternary nitrogens is 2. The normalized spacial score (nSPS) is 40.5. The van der Waals surface area contributed by atoms with Gasteiger partial charge in [0.1, 0.15) is 25.2 Å². The molecule has 0 spiro atoms. The van der Waals surface area contributed by atoms with Gasteiger partial charge in [0.05, 0.1) is 27.2 Å². The summed E-state index contributed by atoms with van der Waals surface area (Å²) in [5.74, 6) is 0. The van der Waals surface area contributed by atoms with Crippen LogP contribution in [0.15, 0.2) is 23.3 Å². The van der Waals surface area contributed by atoms with Crippen LogP contribution in [0.5, 0.6) is 0 Å². The molecule has 126 valence electrons. The molecular weight excluding hydrogens is 268 g/mol. The molecule has 0 N–H and O–H groups in total. The molecule has 0 saturated carbocycles. The molecule has 4 unspecified atom stereocenters. The lowest BCUT2D eigenvalue weighted by atomic mass is 9.99.